The fourth-order valence-electron chi connectivity index (χ4n) is 3.25. The monoisotopic (exact) mass is 392 g/mol. The van der Waals surface area contributed by atoms with Crippen molar-refractivity contribution < 1.29 is 27.5 Å². The molecule has 28 heavy (non-hydrogen) atoms. The highest BCUT2D eigenvalue weighted by Crippen LogP contribution is 2.29. The number of carbonyl (C=O) groups is 2. The third-order valence-electron chi connectivity index (χ3n) is 4.58. The van der Waals surface area contributed by atoms with Crippen LogP contribution in [-0.4, -0.2) is 54.2 Å². The first-order valence-electron chi connectivity index (χ1n) is 8.78. The van der Waals surface area contributed by atoms with Gasteiger partial charge in [0.25, 0.3) is 0 Å². The van der Waals surface area contributed by atoms with Crippen molar-refractivity contribution >= 4 is 12.1 Å². The molecule has 0 spiro atoms. The van der Waals surface area contributed by atoms with Crippen LogP contribution in [0.1, 0.15) is 17.2 Å². The van der Waals surface area contributed by atoms with E-state index in [1.165, 1.54) is 0 Å². The Labute approximate surface area is 160 Å². The number of amides is 1. The van der Waals surface area contributed by atoms with Gasteiger partial charge in [0, 0.05) is 26.2 Å². The van der Waals surface area contributed by atoms with Gasteiger partial charge in [-0.1, -0.05) is 60.7 Å². The number of benzene rings is 2. The number of piperazine rings is 1. The fraction of sp³-hybridized carbons (Fsp3) is 0.300. The maximum Gasteiger partial charge on any atom is 0.491 e. The number of hydrogen-bond donors (Lipinski definition) is 0. The average molecular weight is 392 g/mol. The van der Waals surface area contributed by atoms with Crippen LogP contribution < -0.4 is 0 Å². The van der Waals surface area contributed by atoms with Crippen molar-refractivity contribution in [3.05, 3.63) is 71.8 Å². The summed E-state index contributed by atoms with van der Waals surface area (Å²) in [6.07, 6.45) is -6.46. The molecule has 1 aliphatic heterocycles. The predicted molar refractivity (Wildman–Crippen MR) is 95.4 cm³/mol. The molecule has 1 heterocycles. The minimum absolute atomic E-state index is 0.0441. The van der Waals surface area contributed by atoms with Crippen LogP contribution in [0.15, 0.2) is 60.7 Å². The van der Waals surface area contributed by atoms with E-state index < -0.39 is 18.2 Å². The summed E-state index contributed by atoms with van der Waals surface area (Å²) in [4.78, 5) is 26.0. The van der Waals surface area contributed by atoms with Crippen LogP contribution in [0.2, 0.25) is 0 Å². The van der Waals surface area contributed by atoms with E-state index >= 15 is 0 Å². The molecule has 0 aromatic heterocycles. The molecule has 8 heteroatoms. The third-order valence-corrected chi connectivity index (χ3v) is 4.58. The topological polar surface area (TPSA) is 49.9 Å². The molecule has 5 nitrogen and oxygen atoms in total. The SMILES string of the molecule is O=C(OC(=O)C(F)(F)F)N1CCN(C(c2ccccc2)c2ccccc2)CC1. The van der Waals surface area contributed by atoms with E-state index in [2.05, 4.69) is 9.64 Å². The van der Waals surface area contributed by atoms with E-state index in [1.807, 2.05) is 60.7 Å². The van der Waals surface area contributed by atoms with Gasteiger partial charge in [0.05, 0.1) is 6.04 Å². The van der Waals surface area contributed by atoms with Gasteiger partial charge in [-0.05, 0) is 11.1 Å². The Balaban J connectivity index is 1.69. The Morgan fingerprint density at radius 1 is 0.821 bits per heavy atom. The van der Waals surface area contributed by atoms with E-state index in [9.17, 15) is 22.8 Å². The van der Waals surface area contributed by atoms with E-state index in [1.54, 1.807) is 0 Å². The van der Waals surface area contributed by atoms with Crippen molar-refractivity contribution in [3.8, 4) is 0 Å². The van der Waals surface area contributed by atoms with Gasteiger partial charge in [-0.25, -0.2) is 9.59 Å². The maximum absolute atomic E-state index is 12.3. The number of halogens is 3. The third kappa shape index (κ3) is 4.69. The van der Waals surface area contributed by atoms with Gasteiger partial charge in [-0.3, -0.25) is 4.90 Å². The quantitative estimate of drug-likeness (QED) is 0.591. The Morgan fingerprint density at radius 2 is 1.29 bits per heavy atom. The van der Waals surface area contributed by atoms with Gasteiger partial charge in [-0.2, -0.15) is 13.2 Å². The Kier molecular flexibility index (Phi) is 5.99. The highest BCUT2D eigenvalue weighted by Gasteiger charge is 2.43. The summed E-state index contributed by atoms with van der Waals surface area (Å²) in [5.74, 6) is -2.49. The second-order valence-electron chi connectivity index (χ2n) is 6.40. The van der Waals surface area contributed by atoms with Crippen molar-refractivity contribution in [2.24, 2.45) is 0 Å². The van der Waals surface area contributed by atoms with Gasteiger partial charge >= 0.3 is 18.2 Å². The number of carbonyl (C=O) groups excluding carboxylic acids is 2. The number of hydrogen-bond acceptors (Lipinski definition) is 4. The molecule has 0 N–H and O–H groups in total. The van der Waals surface area contributed by atoms with E-state index in [-0.39, 0.29) is 19.1 Å². The molecular formula is C20H19F3N2O3. The molecule has 1 saturated heterocycles. The molecule has 0 radical (unpaired) electrons. The number of esters is 1. The normalized spacial score (nSPS) is 15.5. The molecular weight excluding hydrogens is 373 g/mol. The molecule has 0 bridgehead atoms. The van der Waals surface area contributed by atoms with Crippen LogP contribution in [-0.2, 0) is 9.53 Å². The van der Waals surface area contributed by atoms with Crippen molar-refractivity contribution in [3.63, 3.8) is 0 Å². The molecule has 0 unspecified atom stereocenters. The van der Waals surface area contributed by atoms with Crippen LogP contribution >= 0.6 is 0 Å². The first-order chi connectivity index (χ1) is 13.4. The smallest absolute Gasteiger partial charge is 0.369 e. The fourth-order valence-corrected chi connectivity index (χ4v) is 3.25. The summed E-state index contributed by atoms with van der Waals surface area (Å²) in [7, 11) is 0. The van der Waals surface area contributed by atoms with Crippen molar-refractivity contribution in [1.29, 1.82) is 0 Å². The molecule has 1 amide bonds. The number of alkyl halides is 3. The lowest BCUT2D eigenvalue weighted by Gasteiger charge is -2.39. The lowest BCUT2D eigenvalue weighted by Crippen LogP contribution is -2.50. The second kappa shape index (κ2) is 8.43. The molecule has 0 saturated carbocycles. The number of rotatable bonds is 3. The molecule has 1 fully saturated rings. The first kappa shape index (κ1) is 19.9. The van der Waals surface area contributed by atoms with Gasteiger partial charge in [0.15, 0.2) is 0 Å². The zero-order valence-electron chi connectivity index (χ0n) is 14.9. The first-order valence-corrected chi connectivity index (χ1v) is 8.78. The highest BCUT2D eigenvalue weighted by molar-refractivity contribution is 5.87. The second-order valence-corrected chi connectivity index (χ2v) is 6.40. The van der Waals surface area contributed by atoms with Crippen molar-refractivity contribution in [2.45, 2.75) is 12.2 Å². The highest BCUT2D eigenvalue weighted by atomic mass is 19.4. The summed E-state index contributed by atoms with van der Waals surface area (Å²) in [6.45, 7) is 1.20. The molecule has 2 aromatic carbocycles. The van der Waals surface area contributed by atoms with Crippen LogP contribution in [0.4, 0.5) is 18.0 Å². The van der Waals surface area contributed by atoms with E-state index in [4.69, 9.17) is 0 Å². The summed E-state index contributed by atoms with van der Waals surface area (Å²) in [5, 5.41) is 0. The summed E-state index contributed by atoms with van der Waals surface area (Å²) in [6, 6.07) is 19.7. The van der Waals surface area contributed by atoms with Gasteiger partial charge in [-0.15, -0.1) is 0 Å². The average Bonchev–Trinajstić information content (AvgIpc) is 2.69. The summed E-state index contributed by atoms with van der Waals surface area (Å²) in [5.41, 5.74) is 2.16. The van der Waals surface area contributed by atoms with Crippen LogP contribution in [0.5, 0.6) is 0 Å². The molecule has 148 valence electrons. The molecule has 2 aromatic rings. The molecule has 1 aliphatic rings. The van der Waals surface area contributed by atoms with Gasteiger partial charge in [0.1, 0.15) is 0 Å². The molecule has 0 aliphatic carbocycles. The summed E-state index contributed by atoms with van der Waals surface area (Å²) >= 11 is 0. The molecule has 0 atom stereocenters. The minimum atomic E-state index is -5.19. The Bertz CT molecular complexity index is 765. The minimum Gasteiger partial charge on any atom is -0.369 e. The van der Waals surface area contributed by atoms with Crippen LogP contribution in [0.25, 0.3) is 0 Å². The number of nitrogens with zero attached hydrogens (tertiary/aromatic N) is 2. The Hall–Kier alpha value is -2.87. The largest absolute Gasteiger partial charge is 0.491 e. The van der Waals surface area contributed by atoms with Crippen LogP contribution in [0.3, 0.4) is 0 Å². The zero-order chi connectivity index (χ0) is 20.1. The maximum atomic E-state index is 12.3. The zero-order valence-corrected chi connectivity index (χ0v) is 14.9. The number of ether oxygens (including phenoxy) is 1. The predicted octanol–water partition coefficient (Wildman–Crippen LogP) is 3.62. The lowest BCUT2D eigenvalue weighted by molar-refractivity contribution is -0.193. The van der Waals surface area contributed by atoms with Gasteiger partial charge in [0.2, 0.25) is 0 Å². The summed E-state index contributed by atoms with van der Waals surface area (Å²) < 4.78 is 40.7. The van der Waals surface area contributed by atoms with Crippen LogP contribution in [0, 0.1) is 0 Å². The van der Waals surface area contributed by atoms with E-state index in [0.29, 0.717) is 13.1 Å². The van der Waals surface area contributed by atoms with E-state index in [0.717, 1.165) is 16.0 Å². The Morgan fingerprint density at radius 3 is 1.71 bits per heavy atom. The van der Waals surface area contributed by atoms with Crippen molar-refractivity contribution in [1.82, 2.24) is 9.80 Å². The van der Waals surface area contributed by atoms with Gasteiger partial charge < -0.3 is 9.64 Å². The van der Waals surface area contributed by atoms with Crippen molar-refractivity contribution in [2.75, 3.05) is 26.2 Å². The lowest BCUT2D eigenvalue weighted by atomic mass is 9.96. The standard InChI is InChI=1S/C20H19F3N2O3/c21-20(22,23)18(26)28-19(27)25-13-11-24(12-14-25)17(15-7-3-1-4-8-15)16-9-5-2-6-10-16/h1-10,17H,11-14H2. The molecule has 3 rings (SSSR count).